The predicted octanol–water partition coefficient (Wildman–Crippen LogP) is 3.45. The number of rotatable bonds is 5. The van der Waals surface area contributed by atoms with E-state index in [1.165, 1.54) is 6.07 Å². The van der Waals surface area contributed by atoms with Gasteiger partial charge in [0, 0.05) is 24.5 Å². The summed E-state index contributed by atoms with van der Waals surface area (Å²) in [5.74, 6) is -0.0447. The molecule has 1 aromatic heterocycles. The summed E-state index contributed by atoms with van der Waals surface area (Å²) in [5, 5.41) is 0. The third kappa shape index (κ3) is 3.98. The molecule has 0 aliphatic heterocycles. The Kier molecular flexibility index (Phi) is 5.03. The maximum absolute atomic E-state index is 13.3. The molecule has 6 heteroatoms. The van der Waals surface area contributed by atoms with Crippen LogP contribution in [0.15, 0.2) is 35.1 Å². The van der Waals surface area contributed by atoms with Crippen LogP contribution in [0.4, 0.5) is 4.39 Å². The highest BCUT2D eigenvalue weighted by Crippen LogP contribution is 2.23. The number of nitrogens with zero attached hydrogens (tertiary/aromatic N) is 2. The standard InChI is InChI=1S/C14H15BrFN3O/c1-2-10(17)5-9-7-18-14(19-8-9)20-11-3-4-12(15)13(16)6-11/h3-4,6-8,10H,2,5,17H2,1H3. The van der Waals surface area contributed by atoms with Gasteiger partial charge in [0.15, 0.2) is 0 Å². The second kappa shape index (κ2) is 6.76. The lowest BCUT2D eigenvalue weighted by Crippen LogP contribution is -2.21. The van der Waals surface area contributed by atoms with Crippen LogP contribution in [0.3, 0.4) is 0 Å². The number of nitrogens with two attached hydrogens (primary N) is 1. The van der Waals surface area contributed by atoms with E-state index in [4.69, 9.17) is 10.5 Å². The average molecular weight is 340 g/mol. The normalized spacial score (nSPS) is 12.2. The summed E-state index contributed by atoms with van der Waals surface area (Å²) < 4.78 is 19.1. The quantitative estimate of drug-likeness (QED) is 0.906. The van der Waals surface area contributed by atoms with Crippen molar-refractivity contribution in [2.75, 3.05) is 0 Å². The van der Waals surface area contributed by atoms with Crippen LogP contribution in [0.2, 0.25) is 0 Å². The van der Waals surface area contributed by atoms with E-state index in [1.807, 2.05) is 6.92 Å². The van der Waals surface area contributed by atoms with Crippen molar-refractivity contribution in [3.05, 3.63) is 46.4 Å². The van der Waals surface area contributed by atoms with E-state index in [2.05, 4.69) is 25.9 Å². The summed E-state index contributed by atoms with van der Waals surface area (Å²) in [5.41, 5.74) is 6.82. The zero-order chi connectivity index (χ0) is 14.5. The summed E-state index contributed by atoms with van der Waals surface area (Å²) in [6.07, 6.45) is 4.97. The third-order valence-electron chi connectivity index (χ3n) is 2.80. The van der Waals surface area contributed by atoms with E-state index in [9.17, 15) is 4.39 Å². The maximum atomic E-state index is 13.3. The lowest BCUT2D eigenvalue weighted by atomic mass is 10.1. The first-order valence-electron chi connectivity index (χ1n) is 6.28. The van der Waals surface area contributed by atoms with Gasteiger partial charge in [0.05, 0.1) is 4.47 Å². The molecule has 1 heterocycles. The molecule has 0 spiro atoms. The number of hydrogen-bond donors (Lipinski definition) is 1. The molecule has 0 bridgehead atoms. The van der Waals surface area contributed by atoms with Crippen LogP contribution in [-0.4, -0.2) is 16.0 Å². The summed E-state index contributed by atoms with van der Waals surface area (Å²) >= 11 is 3.08. The highest BCUT2D eigenvalue weighted by molar-refractivity contribution is 9.10. The van der Waals surface area contributed by atoms with Crippen LogP contribution >= 0.6 is 15.9 Å². The van der Waals surface area contributed by atoms with Crippen LogP contribution in [0.25, 0.3) is 0 Å². The minimum absolute atomic E-state index is 0.103. The van der Waals surface area contributed by atoms with Crippen molar-refractivity contribution >= 4 is 15.9 Å². The van der Waals surface area contributed by atoms with Crippen LogP contribution in [0.5, 0.6) is 11.8 Å². The molecule has 2 aromatic rings. The van der Waals surface area contributed by atoms with Crippen molar-refractivity contribution in [2.24, 2.45) is 5.73 Å². The van der Waals surface area contributed by atoms with E-state index < -0.39 is 5.82 Å². The largest absolute Gasteiger partial charge is 0.424 e. The van der Waals surface area contributed by atoms with Gasteiger partial charge in [0.25, 0.3) is 0 Å². The molecule has 20 heavy (non-hydrogen) atoms. The Morgan fingerprint density at radius 1 is 1.35 bits per heavy atom. The zero-order valence-electron chi connectivity index (χ0n) is 11.0. The van der Waals surface area contributed by atoms with E-state index in [0.717, 1.165) is 18.4 Å². The van der Waals surface area contributed by atoms with Crippen molar-refractivity contribution in [3.8, 4) is 11.8 Å². The number of benzene rings is 1. The van der Waals surface area contributed by atoms with Gasteiger partial charge in [0.2, 0.25) is 0 Å². The summed E-state index contributed by atoms with van der Waals surface area (Å²) in [7, 11) is 0. The van der Waals surface area contributed by atoms with E-state index in [0.29, 0.717) is 10.2 Å². The molecule has 4 nitrogen and oxygen atoms in total. The predicted molar refractivity (Wildman–Crippen MR) is 78.2 cm³/mol. The highest BCUT2D eigenvalue weighted by Gasteiger charge is 2.06. The molecule has 1 unspecified atom stereocenters. The van der Waals surface area contributed by atoms with Gasteiger partial charge in [-0.15, -0.1) is 0 Å². The molecular weight excluding hydrogens is 325 g/mol. The lowest BCUT2D eigenvalue weighted by Gasteiger charge is -2.08. The smallest absolute Gasteiger partial charge is 0.321 e. The fourth-order valence-corrected chi connectivity index (χ4v) is 1.84. The monoisotopic (exact) mass is 339 g/mol. The topological polar surface area (TPSA) is 61.0 Å². The van der Waals surface area contributed by atoms with Gasteiger partial charge in [-0.1, -0.05) is 6.92 Å². The van der Waals surface area contributed by atoms with Gasteiger partial charge in [-0.2, -0.15) is 0 Å². The Bertz CT molecular complexity index is 577. The second-order valence-electron chi connectivity index (χ2n) is 4.42. The molecule has 0 amide bonds. The van der Waals surface area contributed by atoms with E-state index in [-0.39, 0.29) is 12.1 Å². The summed E-state index contributed by atoms with van der Waals surface area (Å²) in [6, 6.07) is 4.76. The van der Waals surface area contributed by atoms with Gasteiger partial charge in [0.1, 0.15) is 11.6 Å². The molecule has 2 N–H and O–H groups in total. The van der Waals surface area contributed by atoms with Crippen molar-refractivity contribution in [2.45, 2.75) is 25.8 Å². The molecule has 106 valence electrons. The number of ether oxygens (including phenoxy) is 1. The van der Waals surface area contributed by atoms with E-state index >= 15 is 0 Å². The van der Waals surface area contributed by atoms with Gasteiger partial charge in [-0.25, -0.2) is 14.4 Å². The van der Waals surface area contributed by atoms with Gasteiger partial charge in [-0.05, 0) is 46.5 Å². The second-order valence-corrected chi connectivity index (χ2v) is 5.28. The molecule has 0 radical (unpaired) electrons. The van der Waals surface area contributed by atoms with Gasteiger partial charge in [-0.3, -0.25) is 0 Å². The van der Waals surface area contributed by atoms with Crippen LogP contribution in [0, 0.1) is 5.82 Å². The first-order chi connectivity index (χ1) is 9.58. The molecule has 0 fully saturated rings. The van der Waals surface area contributed by atoms with Crippen LogP contribution < -0.4 is 10.5 Å². The number of halogens is 2. The minimum Gasteiger partial charge on any atom is -0.424 e. The number of aromatic nitrogens is 2. The molecule has 1 aromatic carbocycles. The van der Waals surface area contributed by atoms with Crippen LogP contribution in [0.1, 0.15) is 18.9 Å². The Morgan fingerprint density at radius 2 is 2.05 bits per heavy atom. The molecule has 0 saturated heterocycles. The average Bonchev–Trinajstić information content (AvgIpc) is 2.45. The van der Waals surface area contributed by atoms with Crippen molar-refractivity contribution < 1.29 is 9.13 Å². The maximum Gasteiger partial charge on any atom is 0.321 e. The lowest BCUT2D eigenvalue weighted by molar-refractivity contribution is 0.436. The summed E-state index contributed by atoms with van der Waals surface area (Å²) in [4.78, 5) is 8.18. The molecule has 1 atom stereocenters. The molecule has 0 aliphatic rings. The first-order valence-corrected chi connectivity index (χ1v) is 7.07. The number of hydrogen-bond acceptors (Lipinski definition) is 4. The Morgan fingerprint density at radius 3 is 2.65 bits per heavy atom. The molecular formula is C14H15BrFN3O. The van der Waals surface area contributed by atoms with E-state index in [1.54, 1.807) is 24.5 Å². The SMILES string of the molecule is CCC(N)Cc1cnc(Oc2ccc(Br)c(F)c2)nc1. The van der Waals surface area contributed by atoms with Gasteiger partial charge >= 0.3 is 6.01 Å². The minimum atomic E-state index is -0.395. The van der Waals surface area contributed by atoms with Crippen molar-refractivity contribution in [1.82, 2.24) is 9.97 Å². The third-order valence-corrected chi connectivity index (χ3v) is 3.45. The van der Waals surface area contributed by atoms with Crippen LogP contribution in [-0.2, 0) is 6.42 Å². The fraction of sp³-hybridized carbons (Fsp3) is 0.286. The zero-order valence-corrected chi connectivity index (χ0v) is 12.6. The van der Waals surface area contributed by atoms with Crippen molar-refractivity contribution in [1.29, 1.82) is 0 Å². The Hall–Kier alpha value is -1.53. The molecule has 0 saturated carbocycles. The Labute approximate surface area is 125 Å². The summed E-state index contributed by atoms with van der Waals surface area (Å²) in [6.45, 7) is 2.03. The first kappa shape index (κ1) is 14.9. The molecule has 0 aliphatic carbocycles. The fourth-order valence-electron chi connectivity index (χ4n) is 1.59. The van der Waals surface area contributed by atoms with Gasteiger partial charge < -0.3 is 10.5 Å². The molecule has 2 rings (SSSR count). The Balaban J connectivity index is 2.04. The highest BCUT2D eigenvalue weighted by atomic mass is 79.9. The van der Waals surface area contributed by atoms with Crippen molar-refractivity contribution in [3.63, 3.8) is 0 Å².